The van der Waals surface area contributed by atoms with Crippen molar-refractivity contribution in [2.45, 2.75) is 0 Å². The van der Waals surface area contributed by atoms with Crippen LogP contribution in [0, 0.1) is 0 Å². The minimum Gasteiger partial charge on any atom is -0.352 e. The summed E-state index contributed by atoms with van der Waals surface area (Å²) in [5, 5.41) is 5.16. The average molecular weight is 277 g/mol. The maximum atomic E-state index is 11.6. The fraction of sp³-hybridized carbons (Fsp3) is 0.222. The minimum atomic E-state index is -0.644. The number of aromatic nitrogens is 1. The molecular formula is C9H10Cl2N4O2. The molecular weight excluding hydrogens is 267 g/mol. The molecule has 0 aliphatic rings. The number of hydrogen-bond acceptors (Lipinski definition) is 3. The Morgan fingerprint density at radius 2 is 1.71 bits per heavy atom. The van der Waals surface area contributed by atoms with Gasteiger partial charge in [-0.3, -0.25) is 4.79 Å². The van der Waals surface area contributed by atoms with Crippen LogP contribution in [0.25, 0.3) is 0 Å². The summed E-state index contributed by atoms with van der Waals surface area (Å²) in [6.07, 6.45) is 0. The Bertz CT molecular complexity index is 419. The fourth-order valence-electron chi connectivity index (χ4n) is 1.06. The second-order valence-electron chi connectivity index (χ2n) is 3.05. The molecule has 17 heavy (non-hydrogen) atoms. The van der Waals surface area contributed by atoms with Gasteiger partial charge in [-0.2, -0.15) is 0 Å². The van der Waals surface area contributed by atoms with Crippen molar-refractivity contribution >= 4 is 35.1 Å². The van der Waals surface area contributed by atoms with Crippen molar-refractivity contribution in [1.29, 1.82) is 0 Å². The van der Waals surface area contributed by atoms with Crippen LogP contribution in [0.2, 0.25) is 10.3 Å². The van der Waals surface area contributed by atoms with Crippen molar-refractivity contribution < 1.29 is 9.59 Å². The van der Waals surface area contributed by atoms with E-state index in [0.717, 1.165) is 0 Å². The third-order valence-electron chi connectivity index (χ3n) is 1.73. The van der Waals surface area contributed by atoms with Crippen LogP contribution in [0.1, 0.15) is 10.4 Å². The number of nitrogens with zero attached hydrogens (tertiary/aromatic N) is 1. The van der Waals surface area contributed by atoms with Gasteiger partial charge in [-0.15, -0.1) is 0 Å². The average Bonchev–Trinajstić information content (AvgIpc) is 2.22. The molecule has 8 heteroatoms. The molecule has 4 N–H and O–H groups in total. The molecule has 0 radical (unpaired) electrons. The number of hydrogen-bond donors (Lipinski definition) is 3. The summed E-state index contributed by atoms with van der Waals surface area (Å²) in [7, 11) is 0. The number of amides is 3. The van der Waals surface area contributed by atoms with Crippen molar-refractivity contribution in [2.75, 3.05) is 13.1 Å². The molecule has 1 rings (SSSR count). The van der Waals surface area contributed by atoms with Gasteiger partial charge >= 0.3 is 6.03 Å². The molecule has 1 aromatic rings. The van der Waals surface area contributed by atoms with Crippen LogP contribution < -0.4 is 16.4 Å². The predicted octanol–water partition coefficient (Wildman–Crippen LogP) is 0.787. The fourth-order valence-corrected chi connectivity index (χ4v) is 1.52. The van der Waals surface area contributed by atoms with Gasteiger partial charge in [0.15, 0.2) is 0 Å². The Labute approximate surface area is 107 Å². The van der Waals surface area contributed by atoms with Gasteiger partial charge < -0.3 is 16.4 Å². The van der Waals surface area contributed by atoms with Crippen molar-refractivity contribution in [3.05, 3.63) is 28.0 Å². The Kier molecular flexibility index (Phi) is 4.99. The number of carbonyl (C=O) groups is 2. The predicted molar refractivity (Wildman–Crippen MR) is 64.2 cm³/mol. The number of nitrogens with one attached hydrogen (secondary N) is 2. The van der Waals surface area contributed by atoms with Gasteiger partial charge in [0.2, 0.25) is 0 Å². The summed E-state index contributed by atoms with van der Waals surface area (Å²) in [5.74, 6) is -0.359. The molecule has 0 aliphatic heterocycles. The second-order valence-corrected chi connectivity index (χ2v) is 3.82. The molecule has 0 atom stereocenters. The lowest BCUT2D eigenvalue weighted by atomic mass is 10.2. The maximum Gasteiger partial charge on any atom is 0.312 e. The van der Waals surface area contributed by atoms with Crippen LogP contribution in [-0.4, -0.2) is 30.0 Å². The van der Waals surface area contributed by atoms with Crippen LogP contribution in [0.15, 0.2) is 12.1 Å². The zero-order chi connectivity index (χ0) is 12.8. The standard InChI is InChI=1S/C9H10Cl2N4O2/c10-6-3-5(4-7(11)15-6)8(16)13-1-2-14-9(12)17/h3-4H,1-2H2,(H,13,16)(H3,12,14,17). The monoisotopic (exact) mass is 276 g/mol. The zero-order valence-corrected chi connectivity index (χ0v) is 10.2. The van der Waals surface area contributed by atoms with Gasteiger partial charge in [0.05, 0.1) is 0 Å². The molecule has 0 unspecified atom stereocenters. The highest BCUT2D eigenvalue weighted by Crippen LogP contribution is 2.14. The number of carbonyl (C=O) groups excluding carboxylic acids is 2. The molecule has 0 saturated carbocycles. The molecule has 1 heterocycles. The van der Waals surface area contributed by atoms with Gasteiger partial charge in [0, 0.05) is 18.7 Å². The number of urea groups is 1. The SMILES string of the molecule is NC(=O)NCCNC(=O)c1cc(Cl)nc(Cl)c1. The topological polar surface area (TPSA) is 97.1 Å². The summed E-state index contributed by atoms with van der Waals surface area (Å²) in [6.45, 7) is 0.493. The molecule has 0 saturated heterocycles. The summed E-state index contributed by atoms with van der Waals surface area (Å²) >= 11 is 11.3. The van der Waals surface area contributed by atoms with Gasteiger partial charge in [-0.05, 0) is 12.1 Å². The molecule has 0 spiro atoms. The quantitative estimate of drug-likeness (QED) is 0.560. The normalized spacial score (nSPS) is 9.76. The molecule has 0 fully saturated rings. The van der Waals surface area contributed by atoms with Crippen molar-refractivity contribution in [2.24, 2.45) is 5.73 Å². The Hall–Kier alpha value is -1.53. The number of pyridine rings is 1. The maximum absolute atomic E-state index is 11.6. The highest BCUT2D eigenvalue weighted by molar-refractivity contribution is 6.33. The summed E-state index contributed by atoms with van der Waals surface area (Å²) in [5.41, 5.74) is 5.15. The van der Waals surface area contributed by atoms with Crippen LogP contribution in [0.3, 0.4) is 0 Å². The largest absolute Gasteiger partial charge is 0.352 e. The third kappa shape index (κ3) is 4.88. The first kappa shape index (κ1) is 13.5. The Balaban J connectivity index is 2.49. The highest BCUT2D eigenvalue weighted by atomic mass is 35.5. The van der Waals surface area contributed by atoms with E-state index in [0.29, 0.717) is 5.56 Å². The molecule has 92 valence electrons. The van der Waals surface area contributed by atoms with E-state index in [1.807, 2.05) is 0 Å². The van der Waals surface area contributed by atoms with Crippen LogP contribution in [0.4, 0.5) is 4.79 Å². The van der Waals surface area contributed by atoms with Crippen molar-refractivity contribution in [1.82, 2.24) is 15.6 Å². The van der Waals surface area contributed by atoms with E-state index in [9.17, 15) is 9.59 Å². The van der Waals surface area contributed by atoms with Gasteiger partial charge in [-0.25, -0.2) is 9.78 Å². The smallest absolute Gasteiger partial charge is 0.312 e. The minimum absolute atomic E-state index is 0.137. The van der Waals surface area contributed by atoms with Crippen LogP contribution in [-0.2, 0) is 0 Å². The van der Waals surface area contributed by atoms with E-state index >= 15 is 0 Å². The molecule has 6 nitrogen and oxygen atoms in total. The molecule has 0 aliphatic carbocycles. The second kappa shape index (κ2) is 6.27. The first-order valence-corrected chi connectivity index (χ1v) is 5.39. The van der Waals surface area contributed by atoms with E-state index in [1.165, 1.54) is 12.1 Å². The highest BCUT2D eigenvalue weighted by Gasteiger charge is 2.07. The summed E-state index contributed by atoms with van der Waals surface area (Å²) in [6, 6.07) is 2.14. The van der Waals surface area contributed by atoms with Crippen LogP contribution in [0.5, 0.6) is 0 Å². The van der Waals surface area contributed by atoms with E-state index < -0.39 is 6.03 Å². The lowest BCUT2D eigenvalue weighted by molar-refractivity contribution is 0.0953. The molecule has 0 bridgehead atoms. The van der Waals surface area contributed by atoms with Gasteiger partial charge in [0.25, 0.3) is 5.91 Å². The van der Waals surface area contributed by atoms with E-state index in [1.54, 1.807) is 0 Å². The van der Waals surface area contributed by atoms with Crippen molar-refractivity contribution in [3.8, 4) is 0 Å². The number of rotatable bonds is 4. The van der Waals surface area contributed by atoms with Crippen molar-refractivity contribution in [3.63, 3.8) is 0 Å². The lowest BCUT2D eigenvalue weighted by Gasteiger charge is -2.06. The van der Waals surface area contributed by atoms with E-state index in [-0.39, 0.29) is 29.3 Å². The Morgan fingerprint density at radius 3 is 2.24 bits per heavy atom. The van der Waals surface area contributed by atoms with E-state index in [2.05, 4.69) is 15.6 Å². The number of halogens is 2. The zero-order valence-electron chi connectivity index (χ0n) is 8.67. The van der Waals surface area contributed by atoms with Crippen LogP contribution >= 0.6 is 23.2 Å². The first-order valence-electron chi connectivity index (χ1n) is 4.63. The van der Waals surface area contributed by atoms with Gasteiger partial charge in [0.1, 0.15) is 10.3 Å². The molecule has 3 amide bonds. The van der Waals surface area contributed by atoms with Gasteiger partial charge in [-0.1, -0.05) is 23.2 Å². The number of nitrogens with two attached hydrogens (primary N) is 1. The first-order chi connectivity index (χ1) is 7.99. The molecule has 0 aromatic carbocycles. The summed E-state index contributed by atoms with van der Waals surface area (Å²) in [4.78, 5) is 25.7. The third-order valence-corrected chi connectivity index (χ3v) is 2.12. The number of primary amides is 1. The molecule has 1 aromatic heterocycles. The summed E-state index contributed by atoms with van der Waals surface area (Å²) < 4.78 is 0. The van der Waals surface area contributed by atoms with E-state index in [4.69, 9.17) is 28.9 Å². The Morgan fingerprint density at radius 1 is 1.18 bits per heavy atom. The lowest BCUT2D eigenvalue weighted by Crippen LogP contribution is -2.37.